The summed E-state index contributed by atoms with van der Waals surface area (Å²) in [6, 6.07) is 7.51. The highest BCUT2D eigenvalue weighted by Gasteiger charge is 2.35. The molecule has 0 spiro atoms. The van der Waals surface area contributed by atoms with E-state index in [4.69, 9.17) is 11.6 Å². The molecule has 5 rings (SSSR count). The third kappa shape index (κ3) is 3.73. The Bertz CT molecular complexity index is 1240. The molecule has 4 aromatic heterocycles. The molecule has 0 atom stereocenters. The SMILES string of the molecule is O=C(NCC1(c2cccnc2)CCCCC1)c1cn(-c2ncccn2)c2nccc(Cl)c12. The highest BCUT2D eigenvalue weighted by molar-refractivity contribution is 6.36. The molecule has 32 heavy (non-hydrogen) atoms. The van der Waals surface area contributed by atoms with E-state index in [-0.39, 0.29) is 11.3 Å². The Kier molecular flexibility index (Phi) is 5.57. The first-order valence-corrected chi connectivity index (χ1v) is 11.2. The zero-order chi connectivity index (χ0) is 22.0. The molecule has 0 saturated heterocycles. The lowest BCUT2D eigenvalue weighted by molar-refractivity contribution is 0.0938. The minimum absolute atomic E-state index is 0.106. The van der Waals surface area contributed by atoms with Crippen LogP contribution in [-0.4, -0.2) is 37.0 Å². The van der Waals surface area contributed by atoms with E-state index in [1.54, 1.807) is 47.7 Å². The number of aromatic nitrogens is 5. The van der Waals surface area contributed by atoms with Crippen molar-refractivity contribution in [1.82, 2.24) is 29.8 Å². The molecule has 1 saturated carbocycles. The fourth-order valence-electron chi connectivity index (χ4n) is 4.67. The van der Waals surface area contributed by atoms with Crippen molar-refractivity contribution in [3.8, 4) is 5.95 Å². The molecule has 1 N–H and O–H groups in total. The second-order valence-corrected chi connectivity index (χ2v) is 8.63. The molecule has 1 aliphatic rings. The highest BCUT2D eigenvalue weighted by Crippen LogP contribution is 2.39. The molecule has 8 heteroatoms. The molecule has 0 unspecified atom stereocenters. The van der Waals surface area contributed by atoms with Crippen molar-refractivity contribution in [2.24, 2.45) is 0 Å². The molecule has 0 aliphatic heterocycles. The maximum atomic E-state index is 13.4. The molecule has 0 aromatic carbocycles. The third-order valence-corrected chi connectivity index (χ3v) is 6.63. The van der Waals surface area contributed by atoms with Gasteiger partial charge in [0.2, 0.25) is 5.95 Å². The Morgan fingerprint density at radius 2 is 1.84 bits per heavy atom. The van der Waals surface area contributed by atoms with Crippen LogP contribution in [0.2, 0.25) is 5.02 Å². The number of fused-ring (bicyclic) bond motifs is 1. The van der Waals surface area contributed by atoms with Gasteiger partial charge in [-0.3, -0.25) is 14.3 Å². The summed E-state index contributed by atoms with van der Waals surface area (Å²) in [5.74, 6) is 0.249. The number of halogens is 1. The second-order valence-electron chi connectivity index (χ2n) is 8.22. The topological polar surface area (TPSA) is 85.6 Å². The van der Waals surface area contributed by atoms with Gasteiger partial charge in [-0.1, -0.05) is 36.9 Å². The van der Waals surface area contributed by atoms with Gasteiger partial charge in [0.25, 0.3) is 5.91 Å². The number of carbonyl (C=O) groups excluding carboxylic acids is 1. The second kappa shape index (κ2) is 8.67. The lowest BCUT2D eigenvalue weighted by Gasteiger charge is -2.37. The molecule has 4 heterocycles. The van der Waals surface area contributed by atoms with Gasteiger partial charge in [0.15, 0.2) is 0 Å². The smallest absolute Gasteiger partial charge is 0.253 e. The zero-order valence-electron chi connectivity index (χ0n) is 17.5. The number of amides is 1. The van der Waals surface area contributed by atoms with Crippen LogP contribution in [0.25, 0.3) is 17.0 Å². The van der Waals surface area contributed by atoms with Crippen LogP contribution in [0.3, 0.4) is 0 Å². The highest BCUT2D eigenvalue weighted by atomic mass is 35.5. The normalized spacial score (nSPS) is 15.5. The van der Waals surface area contributed by atoms with Gasteiger partial charge in [-0.2, -0.15) is 0 Å². The summed E-state index contributed by atoms with van der Waals surface area (Å²) in [5, 5.41) is 4.25. The van der Waals surface area contributed by atoms with Gasteiger partial charge < -0.3 is 5.32 Å². The number of hydrogen-bond donors (Lipinski definition) is 1. The van der Waals surface area contributed by atoms with Gasteiger partial charge in [0, 0.05) is 49.1 Å². The summed E-state index contributed by atoms with van der Waals surface area (Å²) in [7, 11) is 0. The van der Waals surface area contributed by atoms with Crippen molar-refractivity contribution >= 4 is 28.5 Å². The summed E-state index contributed by atoms with van der Waals surface area (Å²) in [5.41, 5.74) is 2.08. The Morgan fingerprint density at radius 1 is 1.03 bits per heavy atom. The van der Waals surface area contributed by atoms with Crippen LogP contribution < -0.4 is 5.32 Å². The molecule has 162 valence electrons. The summed E-state index contributed by atoms with van der Waals surface area (Å²) >= 11 is 6.50. The average Bonchev–Trinajstić information content (AvgIpc) is 3.25. The molecule has 0 bridgehead atoms. The minimum Gasteiger partial charge on any atom is -0.351 e. The number of pyridine rings is 2. The van der Waals surface area contributed by atoms with Crippen LogP contribution >= 0.6 is 11.6 Å². The predicted octanol–water partition coefficient (Wildman–Crippen LogP) is 4.50. The van der Waals surface area contributed by atoms with Crippen LogP contribution in [0.1, 0.15) is 48.0 Å². The van der Waals surface area contributed by atoms with Crippen molar-refractivity contribution in [1.29, 1.82) is 0 Å². The minimum atomic E-state index is -0.187. The summed E-state index contributed by atoms with van der Waals surface area (Å²) in [6.07, 6.45) is 15.9. The van der Waals surface area contributed by atoms with E-state index >= 15 is 0 Å². The van der Waals surface area contributed by atoms with Gasteiger partial charge in [-0.05, 0) is 36.6 Å². The first kappa shape index (κ1) is 20.6. The van der Waals surface area contributed by atoms with Crippen LogP contribution in [0.5, 0.6) is 0 Å². The van der Waals surface area contributed by atoms with Crippen molar-refractivity contribution in [2.45, 2.75) is 37.5 Å². The van der Waals surface area contributed by atoms with Crippen LogP contribution in [0.4, 0.5) is 0 Å². The van der Waals surface area contributed by atoms with E-state index < -0.39 is 0 Å². The molecular weight excluding hydrogens is 424 g/mol. The number of nitrogens with one attached hydrogen (secondary N) is 1. The van der Waals surface area contributed by atoms with Crippen molar-refractivity contribution < 1.29 is 4.79 Å². The molecule has 0 radical (unpaired) electrons. The van der Waals surface area contributed by atoms with Gasteiger partial charge in [-0.25, -0.2) is 15.0 Å². The van der Waals surface area contributed by atoms with E-state index in [2.05, 4.69) is 31.3 Å². The lowest BCUT2D eigenvalue weighted by Crippen LogP contribution is -2.42. The van der Waals surface area contributed by atoms with E-state index in [1.165, 1.54) is 12.0 Å². The van der Waals surface area contributed by atoms with Crippen molar-refractivity contribution in [3.05, 3.63) is 77.6 Å². The molecule has 1 fully saturated rings. The van der Waals surface area contributed by atoms with Crippen LogP contribution in [0.15, 0.2) is 61.4 Å². The van der Waals surface area contributed by atoms with Gasteiger partial charge >= 0.3 is 0 Å². The van der Waals surface area contributed by atoms with E-state index in [9.17, 15) is 4.79 Å². The van der Waals surface area contributed by atoms with Crippen molar-refractivity contribution in [3.63, 3.8) is 0 Å². The van der Waals surface area contributed by atoms with Gasteiger partial charge in [0.05, 0.1) is 16.0 Å². The Balaban J connectivity index is 1.49. The molecule has 7 nitrogen and oxygen atoms in total. The average molecular weight is 447 g/mol. The van der Waals surface area contributed by atoms with Gasteiger partial charge in [-0.15, -0.1) is 0 Å². The summed E-state index contributed by atoms with van der Waals surface area (Å²) in [6.45, 7) is 0.546. The Labute approximate surface area is 190 Å². The molecule has 4 aromatic rings. The zero-order valence-corrected chi connectivity index (χ0v) is 18.3. The van der Waals surface area contributed by atoms with Crippen LogP contribution in [-0.2, 0) is 5.41 Å². The summed E-state index contributed by atoms with van der Waals surface area (Å²) < 4.78 is 1.70. The maximum Gasteiger partial charge on any atom is 0.253 e. The molecule has 1 aliphatic carbocycles. The quantitative estimate of drug-likeness (QED) is 0.488. The largest absolute Gasteiger partial charge is 0.351 e. The predicted molar refractivity (Wildman–Crippen MR) is 123 cm³/mol. The monoisotopic (exact) mass is 446 g/mol. The van der Waals surface area contributed by atoms with Crippen LogP contribution in [0, 0.1) is 0 Å². The Hall–Kier alpha value is -3.32. The van der Waals surface area contributed by atoms with Gasteiger partial charge in [0.1, 0.15) is 5.65 Å². The fourth-order valence-corrected chi connectivity index (χ4v) is 4.91. The number of carbonyl (C=O) groups is 1. The summed E-state index contributed by atoms with van der Waals surface area (Å²) in [4.78, 5) is 30.8. The first-order valence-electron chi connectivity index (χ1n) is 10.8. The number of nitrogens with zero attached hydrogens (tertiary/aromatic N) is 5. The standard InChI is InChI=1S/C24H23ClN6O/c25-19-7-13-27-21-20(19)18(15-31(21)23-28-11-5-12-29-23)22(32)30-16-24(8-2-1-3-9-24)17-6-4-10-26-14-17/h4-7,10-15H,1-3,8-9,16H2,(H,30,32). The molecule has 1 amide bonds. The maximum absolute atomic E-state index is 13.4. The Morgan fingerprint density at radius 3 is 2.59 bits per heavy atom. The number of hydrogen-bond acceptors (Lipinski definition) is 5. The van der Waals surface area contributed by atoms with Crippen molar-refractivity contribution in [2.75, 3.05) is 6.54 Å². The van der Waals surface area contributed by atoms with E-state index in [0.29, 0.717) is 34.1 Å². The third-order valence-electron chi connectivity index (χ3n) is 6.32. The van der Waals surface area contributed by atoms with E-state index in [0.717, 1.165) is 25.7 Å². The molecular formula is C24H23ClN6O. The number of rotatable bonds is 5. The fraction of sp³-hybridized carbons (Fsp3) is 0.292. The van der Waals surface area contributed by atoms with E-state index in [1.807, 2.05) is 12.3 Å². The first-order chi connectivity index (χ1) is 15.7. The lowest BCUT2D eigenvalue weighted by atomic mass is 9.70.